The number of aromatic nitrogens is 4. The normalized spacial score (nSPS) is 22.9. The molecule has 12 nitrogen and oxygen atoms in total. The topological polar surface area (TPSA) is 174 Å². The fourth-order valence-corrected chi connectivity index (χ4v) is 3.97. The number of aliphatic carboxylic acids is 1. The van der Waals surface area contributed by atoms with E-state index in [-0.39, 0.29) is 18.0 Å². The van der Waals surface area contributed by atoms with Crippen molar-refractivity contribution in [3.63, 3.8) is 0 Å². The minimum atomic E-state index is -2.12. The molecule has 1 aromatic carbocycles. The number of benzene rings is 1. The minimum Gasteiger partial charge on any atom is -0.480 e. The van der Waals surface area contributed by atoms with Gasteiger partial charge in [-0.2, -0.15) is 14.6 Å². The van der Waals surface area contributed by atoms with Crippen LogP contribution in [-0.4, -0.2) is 78.0 Å². The Morgan fingerprint density at radius 1 is 1.25 bits per heavy atom. The predicted molar refractivity (Wildman–Crippen MR) is 121 cm³/mol. The van der Waals surface area contributed by atoms with Crippen molar-refractivity contribution in [1.82, 2.24) is 19.5 Å². The number of rotatable bonds is 8. The summed E-state index contributed by atoms with van der Waals surface area (Å²) in [6, 6.07) is 9.86. The average Bonchev–Trinajstić information content (AvgIpc) is 3.38. The van der Waals surface area contributed by atoms with Crippen LogP contribution >= 0.6 is 11.6 Å². The summed E-state index contributed by atoms with van der Waals surface area (Å²) in [5, 5.41) is 30.4. The molecule has 0 unspecified atom stereocenters. The van der Waals surface area contributed by atoms with Crippen LogP contribution in [0.3, 0.4) is 0 Å². The Balaban J connectivity index is 0.00000115. The van der Waals surface area contributed by atoms with Crippen molar-refractivity contribution < 1.29 is 39.2 Å². The van der Waals surface area contributed by atoms with E-state index in [0.717, 1.165) is 5.56 Å². The number of hydrogen-bond donors (Lipinski definition) is 3. The number of aliphatic hydroxyl groups excluding tert-OH is 1. The fraction of sp³-hybridized carbons (Fsp3) is 0.348. The van der Waals surface area contributed by atoms with Gasteiger partial charge in [0.25, 0.3) is 0 Å². The molecule has 3 aromatic rings. The molecule has 0 radical (unpaired) electrons. The van der Waals surface area contributed by atoms with Crippen LogP contribution in [-0.2, 0) is 36.7 Å². The van der Waals surface area contributed by atoms with Crippen molar-refractivity contribution in [3.05, 3.63) is 53.2 Å². The van der Waals surface area contributed by atoms with Crippen LogP contribution in [0.15, 0.2) is 36.7 Å². The summed E-state index contributed by atoms with van der Waals surface area (Å²) in [5.41, 5.74) is 0.396. The molecule has 1 aliphatic heterocycles. The van der Waals surface area contributed by atoms with Gasteiger partial charge in [0.05, 0.1) is 18.6 Å². The molecule has 1 fully saturated rings. The number of fused-ring (bicyclic) bond motifs is 1. The minimum absolute atomic E-state index is 0.00616. The number of ether oxygens (including phenoxy) is 2. The Morgan fingerprint density at radius 2 is 1.94 bits per heavy atom. The van der Waals surface area contributed by atoms with Crippen LogP contribution in [0.2, 0.25) is 5.28 Å². The molecule has 0 amide bonds. The van der Waals surface area contributed by atoms with E-state index in [4.69, 9.17) is 42.2 Å². The van der Waals surface area contributed by atoms with Crippen molar-refractivity contribution in [2.45, 2.75) is 36.9 Å². The van der Waals surface area contributed by atoms with Crippen molar-refractivity contribution in [2.24, 2.45) is 0 Å². The first-order valence-corrected chi connectivity index (χ1v) is 10.9. The highest BCUT2D eigenvalue weighted by molar-refractivity contribution is 6.28. The number of nitrogens with zero attached hydrogens (tertiary/aromatic N) is 4. The van der Waals surface area contributed by atoms with Crippen LogP contribution in [0.1, 0.15) is 17.5 Å². The summed E-state index contributed by atoms with van der Waals surface area (Å²) in [6.45, 7) is -0.950. The second-order valence-electron chi connectivity index (χ2n) is 7.67. The third-order valence-corrected chi connectivity index (χ3v) is 5.64. The zero-order chi connectivity index (χ0) is 26.3. The van der Waals surface area contributed by atoms with Gasteiger partial charge >= 0.3 is 12.1 Å². The smallest absolute Gasteiger partial charge is 0.373 e. The van der Waals surface area contributed by atoms with E-state index < -0.39 is 36.6 Å². The SMILES string of the molecule is C#C[C@@]1(O)[C@@H](COCC(=O)O)O[C@@H](n2cnc3c(CCc4ccccc4)nc(Cl)nc32)[C@@H]1O.O=C=O. The Labute approximate surface area is 209 Å². The number of carboxylic acid groups (broad SMARTS) is 1. The van der Waals surface area contributed by atoms with Gasteiger partial charge in [0.1, 0.15) is 24.3 Å². The summed E-state index contributed by atoms with van der Waals surface area (Å²) in [4.78, 5) is 39.9. The zero-order valence-electron chi connectivity index (χ0n) is 18.7. The maximum Gasteiger partial charge on any atom is 0.373 e. The third kappa shape index (κ3) is 5.75. The van der Waals surface area contributed by atoms with E-state index in [9.17, 15) is 15.0 Å². The molecular formula is C23H21ClN4O8. The summed E-state index contributed by atoms with van der Waals surface area (Å²) < 4.78 is 12.2. The molecule has 1 saturated heterocycles. The quantitative estimate of drug-likeness (QED) is 0.279. The highest BCUT2D eigenvalue weighted by Gasteiger charge is 2.55. The fourth-order valence-electron chi connectivity index (χ4n) is 3.78. The molecule has 3 heterocycles. The highest BCUT2D eigenvalue weighted by atomic mass is 35.5. The van der Waals surface area contributed by atoms with Crippen molar-refractivity contribution in [2.75, 3.05) is 13.2 Å². The van der Waals surface area contributed by atoms with Crippen LogP contribution in [0.4, 0.5) is 0 Å². The molecule has 0 spiro atoms. The second-order valence-corrected chi connectivity index (χ2v) is 8.01. The molecule has 4 atom stereocenters. The monoisotopic (exact) mass is 516 g/mol. The second kappa shape index (κ2) is 11.8. The van der Waals surface area contributed by atoms with Gasteiger partial charge in [-0.3, -0.25) is 4.57 Å². The maximum absolute atomic E-state index is 10.8. The van der Waals surface area contributed by atoms with Gasteiger partial charge < -0.3 is 24.8 Å². The predicted octanol–water partition coefficient (Wildman–Crippen LogP) is 0.405. The summed E-state index contributed by atoms with van der Waals surface area (Å²) in [5.74, 6) is 0.950. The first-order valence-electron chi connectivity index (χ1n) is 10.5. The van der Waals surface area contributed by atoms with E-state index in [1.165, 1.54) is 10.9 Å². The van der Waals surface area contributed by atoms with Crippen molar-refractivity contribution >= 4 is 34.9 Å². The van der Waals surface area contributed by atoms with Crippen LogP contribution in [0, 0.1) is 12.3 Å². The molecule has 0 saturated carbocycles. The molecule has 1 aliphatic rings. The lowest BCUT2D eigenvalue weighted by molar-refractivity contribution is -0.191. The first kappa shape index (κ1) is 26.9. The number of aryl methyl sites for hydroxylation is 2. The lowest BCUT2D eigenvalue weighted by Gasteiger charge is -2.24. The van der Waals surface area contributed by atoms with Gasteiger partial charge in [-0.15, -0.1) is 6.42 Å². The number of aliphatic hydroxyl groups is 2. The Kier molecular flexibility index (Phi) is 8.84. The number of carbonyl (C=O) groups is 1. The molecule has 188 valence electrons. The van der Waals surface area contributed by atoms with Crippen molar-refractivity contribution in [3.8, 4) is 12.3 Å². The summed E-state index contributed by atoms with van der Waals surface area (Å²) in [6.07, 6.45) is 4.45. The summed E-state index contributed by atoms with van der Waals surface area (Å²) in [7, 11) is 0. The van der Waals surface area contributed by atoms with Crippen LogP contribution in [0.5, 0.6) is 0 Å². The molecule has 4 rings (SSSR count). The van der Waals surface area contributed by atoms with Crippen LogP contribution < -0.4 is 0 Å². The van der Waals surface area contributed by atoms with Crippen LogP contribution in [0.25, 0.3) is 11.2 Å². The molecule has 3 N–H and O–H groups in total. The Hall–Kier alpha value is -3.69. The molecule has 0 bridgehead atoms. The number of halogens is 1. The third-order valence-electron chi connectivity index (χ3n) is 5.48. The van der Waals surface area contributed by atoms with Gasteiger partial charge in [-0.1, -0.05) is 36.3 Å². The van der Waals surface area contributed by atoms with E-state index in [0.29, 0.717) is 29.7 Å². The highest BCUT2D eigenvalue weighted by Crippen LogP contribution is 2.38. The number of carboxylic acids is 1. The number of hydrogen-bond acceptors (Lipinski definition) is 10. The average molecular weight is 517 g/mol. The van der Waals surface area contributed by atoms with E-state index in [2.05, 4.69) is 20.9 Å². The Bertz CT molecular complexity index is 1290. The van der Waals surface area contributed by atoms with Gasteiger partial charge in [-0.25, -0.2) is 14.8 Å². The Morgan fingerprint density at radius 3 is 2.58 bits per heavy atom. The largest absolute Gasteiger partial charge is 0.480 e. The number of terminal acetylenes is 1. The van der Waals surface area contributed by atoms with E-state index in [1.807, 2.05) is 30.3 Å². The standard InChI is InChI=1S/C22H21ClN4O6.CO2/c1-2-22(31)15(10-32-11-16(28)29)33-20(18(22)30)27-12-24-17-14(25-21(23)26-19(17)27)9-8-13-6-4-3-5-7-13;2-1-3/h1,3-7,12,15,18,20,30-31H,8-11H2,(H,28,29);/t15-,18+,20-,22-;/m1./s1. The van der Waals surface area contributed by atoms with Gasteiger partial charge in [-0.05, 0) is 30.0 Å². The molecular weight excluding hydrogens is 496 g/mol. The van der Waals surface area contributed by atoms with E-state index >= 15 is 0 Å². The first-order chi connectivity index (χ1) is 17.2. The van der Waals surface area contributed by atoms with Gasteiger partial charge in [0.2, 0.25) is 5.28 Å². The van der Waals surface area contributed by atoms with E-state index in [1.54, 1.807) is 0 Å². The van der Waals surface area contributed by atoms with Crippen molar-refractivity contribution in [1.29, 1.82) is 0 Å². The molecule has 36 heavy (non-hydrogen) atoms. The molecule has 13 heteroatoms. The number of carbonyl (C=O) groups excluding carboxylic acids is 2. The summed E-state index contributed by atoms with van der Waals surface area (Å²) >= 11 is 6.16. The lowest BCUT2D eigenvalue weighted by Crippen LogP contribution is -2.48. The number of imidazole rings is 1. The molecule has 2 aromatic heterocycles. The molecule has 0 aliphatic carbocycles. The zero-order valence-corrected chi connectivity index (χ0v) is 19.4. The maximum atomic E-state index is 10.8. The van der Waals surface area contributed by atoms with Gasteiger partial charge in [0, 0.05) is 0 Å². The lowest BCUT2D eigenvalue weighted by atomic mass is 9.93. The van der Waals surface area contributed by atoms with Gasteiger partial charge in [0.15, 0.2) is 17.5 Å².